The summed E-state index contributed by atoms with van der Waals surface area (Å²) in [5.41, 5.74) is 5.81. The van der Waals surface area contributed by atoms with E-state index in [4.69, 9.17) is 9.72 Å². The molecule has 2 heterocycles. The normalized spacial score (nSPS) is 17.4. The van der Waals surface area contributed by atoms with Crippen LogP contribution in [0.15, 0.2) is 48.5 Å². The highest BCUT2D eigenvalue weighted by molar-refractivity contribution is 5.86. The Balaban J connectivity index is 1.69. The number of benzene rings is 2. The van der Waals surface area contributed by atoms with Crippen molar-refractivity contribution >= 4 is 16.8 Å². The van der Waals surface area contributed by atoms with Crippen molar-refractivity contribution in [1.29, 1.82) is 5.26 Å². The second-order valence-corrected chi connectivity index (χ2v) is 9.41. The van der Waals surface area contributed by atoms with Gasteiger partial charge in [-0.05, 0) is 67.9 Å². The van der Waals surface area contributed by atoms with E-state index in [0.29, 0.717) is 11.5 Å². The SMILES string of the molecule is CC(=O)N(C)C(C)c1ccc(-c2cc(CC3CCCCOCC3)c3ccc(C#N)cc3n2)cc1. The summed E-state index contributed by atoms with van der Waals surface area (Å²) in [6, 6.07) is 18.6. The zero-order valence-corrected chi connectivity index (χ0v) is 20.4. The number of hydrogen-bond donors (Lipinski definition) is 0. The smallest absolute Gasteiger partial charge is 0.219 e. The van der Waals surface area contributed by atoms with E-state index in [0.717, 1.165) is 60.2 Å². The minimum absolute atomic E-state index is 0.00592. The monoisotopic (exact) mass is 455 g/mol. The number of amides is 1. The molecule has 4 rings (SSSR count). The van der Waals surface area contributed by atoms with Crippen LogP contribution in [0.2, 0.25) is 0 Å². The highest BCUT2D eigenvalue weighted by Crippen LogP contribution is 2.31. The summed E-state index contributed by atoms with van der Waals surface area (Å²) in [5.74, 6) is 0.630. The summed E-state index contributed by atoms with van der Waals surface area (Å²) in [4.78, 5) is 18.4. The lowest BCUT2D eigenvalue weighted by Gasteiger charge is -2.24. The van der Waals surface area contributed by atoms with E-state index < -0.39 is 0 Å². The topological polar surface area (TPSA) is 66.2 Å². The predicted octanol–water partition coefficient (Wildman–Crippen LogP) is 6.06. The van der Waals surface area contributed by atoms with Crippen molar-refractivity contribution in [3.63, 3.8) is 0 Å². The molecule has 2 aromatic carbocycles. The number of carbonyl (C=O) groups is 1. The fraction of sp³-hybridized carbons (Fsp3) is 0.414. The van der Waals surface area contributed by atoms with Crippen LogP contribution in [0.4, 0.5) is 0 Å². The van der Waals surface area contributed by atoms with Gasteiger partial charge in [-0.3, -0.25) is 4.79 Å². The van der Waals surface area contributed by atoms with Crippen LogP contribution in [0.1, 0.15) is 62.3 Å². The Kier molecular flexibility index (Phi) is 7.59. The van der Waals surface area contributed by atoms with Crippen LogP contribution >= 0.6 is 0 Å². The number of ether oxygens (including phenoxy) is 1. The maximum absolute atomic E-state index is 11.8. The molecule has 1 aliphatic heterocycles. The molecule has 0 N–H and O–H groups in total. The van der Waals surface area contributed by atoms with Crippen LogP contribution in [0.25, 0.3) is 22.2 Å². The molecule has 0 saturated carbocycles. The van der Waals surface area contributed by atoms with Gasteiger partial charge in [0.2, 0.25) is 5.91 Å². The molecule has 2 unspecified atom stereocenters. The maximum Gasteiger partial charge on any atom is 0.219 e. The standard InChI is InChI=1S/C29H33N3O2/c1-20(32(3)21(2)33)24-8-10-25(11-9-24)28-18-26(16-22-6-4-5-14-34-15-13-22)27-12-7-23(19-30)17-29(27)31-28/h7-12,17-18,20,22H,4-6,13-16H2,1-3H3. The first-order chi connectivity index (χ1) is 16.5. The molecule has 0 radical (unpaired) electrons. The minimum Gasteiger partial charge on any atom is -0.381 e. The maximum atomic E-state index is 11.8. The van der Waals surface area contributed by atoms with Crippen molar-refractivity contribution in [2.45, 2.75) is 52.0 Å². The highest BCUT2D eigenvalue weighted by atomic mass is 16.5. The Labute approximate surface area is 202 Å². The second kappa shape index (κ2) is 10.8. The van der Waals surface area contributed by atoms with Crippen molar-refractivity contribution in [2.24, 2.45) is 5.92 Å². The van der Waals surface area contributed by atoms with Gasteiger partial charge < -0.3 is 9.64 Å². The van der Waals surface area contributed by atoms with Crippen molar-refractivity contribution in [3.05, 3.63) is 65.2 Å². The quantitative estimate of drug-likeness (QED) is 0.469. The average Bonchev–Trinajstić information content (AvgIpc) is 2.84. The van der Waals surface area contributed by atoms with Gasteiger partial charge in [0.1, 0.15) is 0 Å². The van der Waals surface area contributed by atoms with Gasteiger partial charge in [0.15, 0.2) is 0 Å². The van der Waals surface area contributed by atoms with Gasteiger partial charge in [-0.1, -0.05) is 36.8 Å². The summed E-state index contributed by atoms with van der Waals surface area (Å²) < 4.78 is 5.74. The number of nitrogens with zero attached hydrogens (tertiary/aromatic N) is 3. The Bertz CT molecular complexity index is 1190. The predicted molar refractivity (Wildman–Crippen MR) is 135 cm³/mol. The molecule has 1 amide bonds. The first kappa shape index (κ1) is 23.9. The van der Waals surface area contributed by atoms with Gasteiger partial charge in [0.05, 0.1) is 28.9 Å². The van der Waals surface area contributed by atoms with Crippen molar-refractivity contribution in [3.8, 4) is 17.3 Å². The highest BCUT2D eigenvalue weighted by Gasteiger charge is 2.17. The van der Waals surface area contributed by atoms with Gasteiger partial charge in [0.25, 0.3) is 0 Å². The van der Waals surface area contributed by atoms with Gasteiger partial charge in [0, 0.05) is 38.1 Å². The number of rotatable bonds is 5. The van der Waals surface area contributed by atoms with Crippen molar-refractivity contribution < 1.29 is 9.53 Å². The zero-order valence-electron chi connectivity index (χ0n) is 20.4. The van der Waals surface area contributed by atoms with Crippen molar-refractivity contribution in [2.75, 3.05) is 20.3 Å². The number of fused-ring (bicyclic) bond motifs is 1. The molecule has 1 aliphatic rings. The van der Waals surface area contributed by atoms with E-state index in [1.165, 1.54) is 18.4 Å². The molecular weight excluding hydrogens is 422 g/mol. The largest absolute Gasteiger partial charge is 0.381 e. The lowest BCUT2D eigenvalue weighted by Crippen LogP contribution is -2.27. The molecule has 5 nitrogen and oxygen atoms in total. The molecule has 1 saturated heterocycles. The number of hydrogen-bond acceptors (Lipinski definition) is 4. The van der Waals surface area contributed by atoms with Gasteiger partial charge in [-0.15, -0.1) is 0 Å². The number of carbonyl (C=O) groups excluding carboxylic acids is 1. The van der Waals surface area contributed by atoms with Crippen LogP contribution in [0, 0.1) is 17.2 Å². The molecule has 2 atom stereocenters. The summed E-state index contributed by atoms with van der Waals surface area (Å²) in [6.07, 6.45) is 5.61. The molecule has 0 bridgehead atoms. The molecule has 34 heavy (non-hydrogen) atoms. The fourth-order valence-corrected chi connectivity index (χ4v) is 4.76. The molecule has 176 valence electrons. The molecule has 1 aromatic heterocycles. The summed E-state index contributed by atoms with van der Waals surface area (Å²) in [5, 5.41) is 10.5. The van der Waals surface area contributed by atoms with Gasteiger partial charge in [-0.25, -0.2) is 4.98 Å². The second-order valence-electron chi connectivity index (χ2n) is 9.41. The molecule has 0 spiro atoms. The van der Waals surface area contributed by atoms with Crippen molar-refractivity contribution in [1.82, 2.24) is 9.88 Å². The minimum atomic E-state index is 0.00592. The van der Waals surface area contributed by atoms with Crippen LogP contribution in [-0.4, -0.2) is 36.1 Å². The third kappa shape index (κ3) is 5.46. The van der Waals surface area contributed by atoms with E-state index in [2.05, 4.69) is 36.4 Å². The molecular formula is C29H33N3O2. The van der Waals surface area contributed by atoms with E-state index in [1.807, 2.05) is 32.2 Å². The number of aromatic nitrogens is 1. The summed E-state index contributed by atoms with van der Waals surface area (Å²) >= 11 is 0. The fourth-order valence-electron chi connectivity index (χ4n) is 4.76. The van der Waals surface area contributed by atoms with Gasteiger partial charge >= 0.3 is 0 Å². The van der Waals surface area contributed by atoms with Crippen LogP contribution in [0.3, 0.4) is 0 Å². The van der Waals surface area contributed by atoms with Crippen LogP contribution < -0.4 is 0 Å². The number of nitriles is 1. The lowest BCUT2D eigenvalue weighted by molar-refractivity contribution is -0.129. The van der Waals surface area contributed by atoms with E-state index in [1.54, 1.807) is 11.8 Å². The molecule has 1 fully saturated rings. The first-order valence-corrected chi connectivity index (χ1v) is 12.2. The van der Waals surface area contributed by atoms with E-state index >= 15 is 0 Å². The third-order valence-corrected chi connectivity index (χ3v) is 7.12. The summed E-state index contributed by atoms with van der Waals surface area (Å²) in [7, 11) is 1.82. The third-order valence-electron chi connectivity index (χ3n) is 7.12. The first-order valence-electron chi connectivity index (χ1n) is 12.2. The Morgan fingerprint density at radius 3 is 2.68 bits per heavy atom. The lowest BCUT2D eigenvalue weighted by atomic mass is 9.88. The summed E-state index contributed by atoms with van der Waals surface area (Å²) in [6.45, 7) is 5.32. The molecule has 5 heteroatoms. The van der Waals surface area contributed by atoms with E-state index in [9.17, 15) is 10.1 Å². The van der Waals surface area contributed by atoms with Crippen LogP contribution in [0.5, 0.6) is 0 Å². The van der Waals surface area contributed by atoms with Crippen LogP contribution in [-0.2, 0) is 16.0 Å². The Morgan fingerprint density at radius 2 is 1.94 bits per heavy atom. The number of pyridine rings is 1. The Morgan fingerprint density at radius 1 is 1.15 bits per heavy atom. The van der Waals surface area contributed by atoms with E-state index in [-0.39, 0.29) is 11.9 Å². The Hall–Kier alpha value is -3.23. The zero-order chi connectivity index (χ0) is 24.1. The molecule has 0 aliphatic carbocycles. The molecule has 3 aromatic rings. The average molecular weight is 456 g/mol. The van der Waals surface area contributed by atoms with Gasteiger partial charge in [-0.2, -0.15) is 5.26 Å².